The molecule has 0 saturated heterocycles. The molecule has 1 aromatic rings. The highest BCUT2D eigenvalue weighted by Crippen LogP contribution is 2.35. The van der Waals surface area contributed by atoms with Gasteiger partial charge in [0.25, 0.3) is 5.91 Å². The van der Waals surface area contributed by atoms with Crippen LogP contribution in [0.2, 0.25) is 0 Å². The van der Waals surface area contributed by atoms with Crippen LogP contribution in [0.25, 0.3) is 0 Å². The Morgan fingerprint density at radius 1 is 1.17 bits per heavy atom. The molecule has 0 heterocycles. The van der Waals surface area contributed by atoms with Crippen molar-refractivity contribution in [3.8, 4) is 5.75 Å². The second-order valence-corrected chi connectivity index (χ2v) is 5.24. The number of carbonyl (C=O) groups is 1. The lowest BCUT2D eigenvalue weighted by atomic mass is 9.84. The molecule has 1 saturated carbocycles. The van der Waals surface area contributed by atoms with E-state index < -0.39 is 5.60 Å². The lowest BCUT2D eigenvalue weighted by Gasteiger charge is -2.35. The Balaban J connectivity index is 2.32. The first-order chi connectivity index (χ1) is 8.55. The van der Waals surface area contributed by atoms with Gasteiger partial charge in [-0.25, -0.2) is 0 Å². The lowest BCUT2D eigenvalue weighted by Crippen LogP contribution is -2.50. The van der Waals surface area contributed by atoms with Crippen molar-refractivity contribution in [3.63, 3.8) is 0 Å². The predicted molar refractivity (Wildman–Crippen MR) is 71.6 cm³/mol. The average molecular weight is 247 g/mol. The molecule has 98 valence electrons. The fourth-order valence-corrected chi connectivity index (χ4v) is 2.68. The van der Waals surface area contributed by atoms with Crippen molar-refractivity contribution in [2.45, 2.75) is 51.6 Å². The Kier molecular flexibility index (Phi) is 3.60. The monoisotopic (exact) mass is 247 g/mol. The van der Waals surface area contributed by atoms with Crippen molar-refractivity contribution in [1.82, 2.24) is 0 Å². The number of para-hydroxylation sites is 1. The third kappa shape index (κ3) is 2.35. The molecule has 2 N–H and O–H groups in total. The van der Waals surface area contributed by atoms with Crippen LogP contribution in [0.4, 0.5) is 0 Å². The van der Waals surface area contributed by atoms with Crippen molar-refractivity contribution in [2.75, 3.05) is 0 Å². The van der Waals surface area contributed by atoms with Crippen molar-refractivity contribution in [3.05, 3.63) is 29.3 Å². The maximum atomic E-state index is 11.8. The molecule has 1 aliphatic rings. The van der Waals surface area contributed by atoms with E-state index in [9.17, 15) is 4.79 Å². The van der Waals surface area contributed by atoms with Crippen LogP contribution in [0.1, 0.15) is 43.2 Å². The minimum Gasteiger partial charge on any atom is -0.477 e. The first-order valence-electron chi connectivity index (χ1n) is 6.60. The van der Waals surface area contributed by atoms with Gasteiger partial charge in [0.2, 0.25) is 0 Å². The molecule has 0 aliphatic heterocycles. The summed E-state index contributed by atoms with van der Waals surface area (Å²) in [5.41, 5.74) is 6.90. The molecule has 0 atom stereocenters. The van der Waals surface area contributed by atoms with Crippen LogP contribution in [0.3, 0.4) is 0 Å². The number of benzene rings is 1. The summed E-state index contributed by atoms with van der Waals surface area (Å²) in [4.78, 5) is 11.8. The van der Waals surface area contributed by atoms with Gasteiger partial charge in [-0.05, 0) is 50.7 Å². The van der Waals surface area contributed by atoms with Gasteiger partial charge < -0.3 is 10.5 Å². The van der Waals surface area contributed by atoms with Gasteiger partial charge in [0.05, 0.1) is 0 Å². The molecule has 0 unspecified atom stereocenters. The number of amides is 1. The van der Waals surface area contributed by atoms with Gasteiger partial charge in [-0.1, -0.05) is 24.6 Å². The summed E-state index contributed by atoms with van der Waals surface area (Å²) in [6.07, 6.45) is 4.64. The van der Waals surface area contributed by atoms with Gasteiger partial charge in [-0.15, -0.1) is 0 Å². The third-order valence-electron chi connectivity index (χ3n) is 3.82. The van der Waals surface area contributed by atoms with E-state index in [2.05, 4.69) is 0 Å². The first kappa shape index (κ1) is 12.9. The Labute approximate surface area is 108 Å². The summed E-state index contributed by atoms with van der Waals surface area (Å²) in [5, 5.41) is 0. The standard InChI is InChI=1S/C15H21NO2/c1-11-7-6-8-12(2)13(11)18-15(14(16)17)9-4-3-5-10-15/h6-8H,3-5,9-10H2,1-2H3,(H2,16,17). The van der Waals surface area contributed by atoms with Crippen molar-refractivity contribution in [1.29, 1.82) is 0 Å². The van der Waals surface area contributed by atoms with Crippen molar-refractivity contribution < 1.29 is 9.53 Å². The highest BCUT2D eigenvalue weighted by Gasteiger charge is 2.40. The van der Waals surface area contributed by atoms with Gasteiger partial charge in [-0.2, -0.15) is 0 Å². The normalized spacial score (nSPS) is 18.3. The van der Waals surface area contributed by atoms with E-state index in [4.69, 9.17) is 10.5 Å². The summed E-state index contributed by atoms with van der Waals surface area (Å²) < 4.78 is 6.09. The molecule has 18 heavy (non-hydrogen) atoms. The second-order valence-electron chi connectivity index (χ2n) is 5.24. The molecule has 0 bridgehead atoms. The molecule has 0 radical (unpaired) electrons. The van der Waals surface area contributed by atoms with E-state index in [0.29, 0.717) is 0 Å². The van der Waals surface area contributed by atoms with E-state index >= 15 is 0 Å². The lowest BCUT2D eigenvalue weighted by molar-refractivity contribution is -0.136. The number of carbonyl (C=O) groups excluding carboxylic acids is 1. The Bertz CT molecular complexity index is 428. The predicted octanol–water partition coefficient (Wildman–Crippen LogP) is 2.87. The second kappa shape index (κ2) is 5.01. The Morgan fingerprint density at radius 2 is 1.72 bits per heavy atom. The number of hydrogen-bond donors (Lipinski definition) is 1. The van der Waals surface area contributed by atoms with Crippen LogP contribution in [-0.2, 0) is 4.79 Å². The van der Waals surface area contributed by atoms with Crippen LogP contribution in [0.15, 0.2) is 18.2 Å². The molecule has 0 spiro atoms. The molecule has 3 heteroatoms. The van der Waals surface area contributed by atoms with Gasteiger partial charge in [0, 0.05) is 0 Å². The SMILES string of the molecule is Cc1cccc(C)c1OC1(C(N)=O)CCCCC1. The first-order valence-corrected chi connectivity index (χ1v) is 6.60. The van der Waals surface area contributed by atoms with Crippen LogP contribution >= 0.6 is 0 Å². The number of nitrogens with two attached hydrogens (primary N) is 1. The van der Waals surface area contributed by atoms with E-state index in [0.717, 1.165) is 49.0 Å². The Hall–Kier alpha value is -1.51. The fraction of sp³-hybridized carbons (Fsp3) is 0.533. The largest absolute Gasteiger partial charge is 0.477 e. The maximum Gasteiger partial charge on any atom is 0.261 e. The zero-order chi connectivity index (χ0) is 13.2. The molecule has 2 rings (SSSR count). The van der Waals surface area contributed by atoms with Crippen molar-refractivity contribution >= 4 is 5.91 Å². The minimum absolute atomic E-state index is 0.329. The van der Waals surface area contributed by atoms with Crippen molar-refractivity contribution in [2.24, 2.45) is 5.73 Å². The molecule has 1 amide bonds. The van der Waals surface area contributed by atoms with E-state index in [-0.39, 0.29) is 5.91 Å². The summed E-state index contributed by atoms with van der Waals surface area (Å²) >= 11 is 0. The zero-order valence-electron chi connectivity index (χ0n) is 11.2. The van der Waals surface area contributed by atoms with Gasteiger partial charge in [-0.3, -0.25) is 4.79 Å². The van der Waals surface area contributed by atoms with Gasteiger partial charge in [0.15, 0.2) is 5.60 Å². The maximum absolute atomic E-state index is 11.8. The summed E-state index contributed by atoms with van der Waals surface area (Å²) in [6, 6.07) is 6.00. The average Bonchev–Trinajstić information content (AvgIpc) is 2.35. The van der Waals surface area contributed by atoms with E-state index in [1.807, 2.05) is 32.0 Å². The number of aryl methyl sites for hydroxylation is 2. The fourth-order valence-electron chi connectivity index (χ4n) is 2.68. The molecular formula is C15H21NO2. The number of primary amides is 1. The van der Waals surface area contributed by atoms with E-state index in [1.54, 1.807) is 0 Å². The van der Waals surface area contributed by atoms with E-state index in [1.165, 1.54) is 0 Å². The molecular weight excluding hydrogens is 226 g/mol. The number of hydrogen-bond acceptors (Lipinski definition) is 2. The third-order valence-corrected chi connectivity index (χ3v) is 3.82. The molecule has 1 aromatic carbocycles. The van der Waals surface area contributed by atoms with Crippen LogP contribution < -0.4 is 10.5 Å². The topological polar surface area (TPSA) is 52.3 Å². The zero-order valence-corrected chi connectivity index (χ0v) is 11.2. The molecule has 0 aromatic heterocycles. The quantitative estimate of drug-likeness (QED) is 0.893. The van der Waals surface area contributed by atoms with Crippen LogP contribution in [0, 0.1) is 13.8 Å². The smallest absolute Gasteiger partial charge is 0.261 e. The summed E-state index contributed by atoms with van der Waals surface area (Å²) in [7, 11) is 0. The molecule has 3 nitrogen and oxygen atoms in total. The molecule has 1 aliphatic carbocycles. The summed E-state index contributed by atoms with van der Waals surface area (Å²) in [6.45, 7) is 4.00. The number of rotatable bonds is 3. The highest BCUT2D eigenvalue weighted by atomic mass is 16.5. The van der Waals surface area contributed by atoms with Gasteiger partial charge >= 0.3 is 0 Å². The van der Waals surface area contributed by atoms with Crippen LogP contribution in [0.5, 0.6) is 5.75 Å². The van der Waals surface area contributed by atoms with Crippen LogP contribution in [-0.4, -0.2) is 11.5 Å². The summed E-state index contributed by atoms with van der Waals surface area (Å²) in [5.74, 6) is 0.489. The Morgan fingerprint density at radius 3 is 2.22 bits per heavy atom. The van der Waals surface area contributed by atoms with Gasteiger partial charge in [0.1, 0.15) is 5.75 Å². The number of ether oxygens (including phenoxy) is 1. The minimum atomic E-state index is -0.797. The highest BCUT2D eigenvalue weighted by molar-refractivity contribution is 5.84. The molecule has 1 fully saturated rings.